The lowest BCUT2D eigenvalue weighted by Gasteiger charge is -2.12. The largest absolute Gasteiger partial charge is 0.484 e. The lowest BCUT2D eigenvalue weighted by Crippen LogP contribution is -2.10. The van der Waals surface area contributed by atoms with E-state index >= 15 is 0 Å². The highest BCUT2D eigenvalue weighted by molar-refractivity contribution is 5.30. The van der Waals surface area contributed by atoms with Crippen LogP contribution in [0.5, 0.6) is 5.75 Å². The van der Waals surface area contributed by atoms with Gasteiger partial charge < -0.3 is 10.5 Å². The second-order valence-corrected chi connectivity index (χ2v) is 4.32. The van der Waals surface area contributed by atoms with Gasteiger partial charge in [-0.3, -0.25) is 4.68 Å². The van der Waals surface area contributed by atoms with E-state index in [0.29, 0.717) is 5.82 Å². The number of para-hydroxylation sites is 1. The fraction of sp³-hybridized carbons (Fsp3) is 0.308. The molecule has 0 spiro atoms. The van der Waals surface area contributed by atoms with E-state index in [-0.39, 0.29) is 24.2 Å². The first kappa shape index (κ1) is 12.4. The molecule has 0 aliphatic carbocycles. The Kier molecular flexibility index (Phi) is 3.50. The Morgan fingerprint density at radius 3 is 2.78 bits per heavy atom. The van der Waals surface area contributed by atoms with Crippen LogP contribution in [-0.4, -0.2) is 9.78 Å². The molecule has 0 unspecified atom stereocenters. The highest BCUT2D eigenvalue weighted by Gasteiger charge is 2.10. The Labute approximate surface area is 105 Å². The molecule has 18 heavy (non-hydrogen) atoms. The third-order valence-electron chi connectivity index (χ3n) is 2.53. The van der Waals surface area contributed by atoms with Gasteiger partial charge in [0.1, 0.15) is 12.4 Å². The number of aromatic nitrogens is 2. The summed E-state index contributed by atoms with van der Waals surface area (Å²) >= 11 is 0. The molecule has 2 N–H and O–H groups in total. The number of nitrogens with two attached hydrogens (primary N) is 1. The second-order valence-electron chi connectivity index (χ2n) is 4.32. The minimum absolute atomic E-state index is 0.182. The Hall–Kier alpha value is -2.04. The predicted molar refractivity (Wildman–Crippen MR) is 67.8 cm³/mol. The average Bonchev–Trinajstić information content (AvgIpc) is 2.70. The van der Waals surface area contributed by atoms with Crippen LogP contribution in [0.3, 0.4) is 0 Å². The van der Waals surface area contributed by atoms with Gasteiger partial charge in [0, 0.05) is 12.1 Å². The van der Waals surface area contributed by atoms with Gasteiger partial charge in [-0.2, -0.15) is 5.10 Å². The van der Waals surface area contributed by atoms with Crippen molar-refractivity contribution in [3.63, 3.8) is 0 Å². The van der Waals surface area contributed by atoms with Crippen LogP contribution in [0.2, 0.25) is 0 Å². The molecular formula is C13H16FN3O. The fourth-order valence-electron chi connectivity index (χ4n) is 1.72. The second kappa shape index (κ2) is 5.08. The van der Waals surface area contributed by atoms with Crippen LogP contribution >= 0.6 is 0 Å². The van der Waals surface area contributed by atoms with E-state index in [4.69, 9.17) is 10.5 Å². The molecule has 96 valence electrons. The zero-order chi connectivity index (χ0) is 13.1. The summed E-state index contributed by atoms with van der Waals surface area (Å²) in [5.41, 5.74) is 6.48. The minimum Gasteiger partial charge on any atom is -0.484 e. The van der Waals surface area contributed by atoms with E-state index in [1.807, 2.05) is 13.8 Å². The summed E-state index contributed by atoms with van der Waals surface area (Å²) in [6, 6.07) is 8.23. The van der Waals surface area contributed by atoms with Crippen molar-refractivity contribution in [1.29, 1.82) is 0 Å². The molecule has 5 heteroatoms. The van der Waals surface area contributed by atoms with E-state index in [2.05, 4.69) is 5.10 Å². The maximum Gasteiger partial charge on any atom is 0.165 e. The number of rotatable bonds is 4. The standard InChI is InChI=1S/C13H16FN3O/c1-9(2)17-10(7-13(15)16-17)8-18-12-6-4-3-5-11(12)14/h3-7,9H,8H2,1-2H3,(H2,15,16). The van der Waals surface area contributed by atoms with Crippen LogP contribution in [-0.2, 0) is 6.61 Å². The van der Waals surface area contributed by atoms with Crippen molar-refractivity contribution in [3.05, 3.63) is 41.8 Å². The van der Waals surface area contributed by atoms with Crippen molar-refractivity contribution in [2.24, 2.45) is 0 Å². The summed E-state index contributed by atoms with van der Waals surface area (Å²) in [6.07, 6.45) is 0. The number of hydrogen-bond acceptors (Lipinski definition) is 3. The number of nitrogen functional groups attached to an aromatic ring is 1. The summed E-state index contributed by atoms with van der Waals surface area (Å²) in [4.78, 5) is 0. The number of hydrogen-bond donors (Lipinski definition) is 1. The molecule has 2 rings (SSSR count). The van der Waals surface area contributed by atoms with Gasteiger partial charge in [0.25, 0.3) is 0 Å². The Balaban J connectivity index is 2.13. The van der Waals surface area contributed by atoms with Crippen LogP contribution in [0.25, 0.3) is 0 Å². The summed E-state index contributed by atoms with van der Waals surface area (Å²) in [5, 5.41) is 4.17. The van der Waals surface area contributed by atoms with E-state index in [1.165, 1.54) is 6.07 Å². The van der Waals surface area contributed by atoms with Gasteiger partial charge in [-0.1, -0.05) is 12.1 Å². The number of nitrogens with zero attached hydrogens (tertiary/aromatic N) is 2. The number of anilines is 1. The van der Waals surface area contributed by atoms with Crippen molar-refractivity contribution in [1.82, 2.24) is 9.78 Å². The molecule has 0 fully saturated rings. The van der Waals surface area contributed by atoms with Crippen molar-refractivity contribution in [2.45, 2.75) is 26.5 Å². The Morgan fingerprint density at radius 2 is 2.11 bits per heavy atom. The Morgan fingerprint density at radius 1 is 1.39 bits per heavy atom. The molecule has 1 heterocycles. The molecule has 0 saturated heterocycles. The van der Waals surface area contributed by atoms with E-state index in [0.717, 1.165) is 5.69 Å². The first-order chi connectivity index (χ1) is 8.58. The normalized spacial score (nSPS) is 10.9. The van der Waals surface area contributed by atoms with E-state index < -0.39 is 0 Å². The molecule has 0 radical (unpaired) electrons. The van der Waals surface area contributed by atoms with Crippen LogP contribution in [0, 0.1) is 5.82 Å². The van der Waals surface area contributed by atoms with Gasteiger partial charge in [0.15, 0.2) is 11.6 Å². The molecule has 4 nitrogen and oxygen atoms in total. The van der Waals surface area contributed by atoms with E-state index in [9.17, 15) is 4.39 Å². The molecule has 0 aliphatic rings. The molecule has 0 atom stereocenters. The SMILES string of the molecule is CC(C)n1nc(N)cc1COc1ccccc1F. The quantitative estimate of drug-likeness (QED) is 0.906. The highest BCUT2D eigenvalue weighted by atomic mass is 19.1. The lowest BCUT2D eigenvalue weighted by atomic mass is 10.3. The first-order valence-corrected chi connectivity index (χ1v) is 5.79. The maximum atomic E-state index is 13.4. The summed E-state index contributed by atoms with van der Waals surface area (Å²) in [5.74, 6) is 0.296. The minimum atomic E-state index is -0.374. The number of ether oxygens (including phenoxy) is 1. The van der Waals surface area contributed by atoms with Crippen LogP contribution in [0.4, 0.5) is 10.2 Å². The van der Waals surface area contributed by atoms with Crippen LogP contribution in [0.1, 0.15) is 25.6 Å². The predicted octanol–water partition coefficient (Wildman–Crippen LogP) is 2.76. The monoisotopic (exact) mass is 249 g/mol. The number of halogens is 1. The van der Waals surface area contributed by atoms with Gasteiger partial charge in [0.2, 0.25) is 0 Å². The van der Waals surface area contributed by atoms with Crippen molar-refractivity contribution in [3.8, 4) is 5.75 Å². The van der Waals surface area contributed by atoms with Gasteiger partial charge in [0.05, 0.1) is 5.69 Å². The zero-order valence-corrected chi connectivity index (χ0v) is 10.4. The van der Waals surface area contributed by atoms with Crippen LogP contribution in [0.15, 0.2) is 30.3 Å². The van der Waals surface area contributed by atoms with E-state index in [1.54, 1.807) is 28.9 Å². The molecule has 1 aromatic carbocycles. The smallest absolute Gasteiger partial charge is 0.165 e. The maximum absolute atomic E-state index is 13.4. The first-order valence-electron chi connectivity index (χ1n) is 5.79. The van der Waals surface area contributed by atoms with Crippen molar-refractivity contribution in [2.75, 3.05) is 5.73 Å². The Bertz CT molecular complexity index is 537. The zero-order valence-electron chi connectivity index (χ0n) is 10.4. The van der Waals surface area contributed by atoms with Gasteiger partial charge in [-0.15, -0.1) is 0 Å². The molecule has 0 saturated carbocycles. The van der Waals surface area contributed by atoms with Gasteiger partial charge in [-0.05, 0) is 26.0 Å². The summed E-state index contributed by atoms with van der Waals surface area (Å²) < 4.78 is 20.6. The molecule has 1 aromatic heterocycles. The third kappa shape index (κ3) is 2.61. The fourth-order valence-corrected chi connectivity index (χ4v) is 1.72. The summed E-state index contributed by atoms with van der Waals surface area (Å²) in [6.45, 7) is 4.24. The number of benzene rings is 1. The highest BCUT2D eigenvalue weighted by Crippen LogP contribution is 2.19. The van der Waals surface area contributed by atoms with Crippen molar-refractivity contribution >= 4 is 5.82 Å². The molecule has 0 aliphatic heterocycles. The lowest BCUT2D eigenvalue weighted by molar-refractivity contribution is 0.274. The van der Waals surface area contributed by atoms with Crippen molar-refractivity contribution < 1.29 is 9.13 Å². The molecule has 2 aromatic rings. The molecule has 0 bridgehead atoms. The molecular weight excluding hydrogens is 233 g/mol. The van der Waals surface area contributed by atoms with Gasteiger partial charge >= 0.3 is 0 Å². The van der Waals surface area contributed by atoms with Crippen LogP contribution < -0.4 is 10.5 Å². The molecule has 0 amide bonds. The topological polar surface area (TPSA) is 53.1 Å². The third-order valence-corrected chi connectivity index (χ3v) is 2.53. The van der Waals surface area contributed by atoms with Gasteiger partial charge in [-0.25, -0.2) is 4.39 Å². The summed E-state index contributed by atoms with van der Waals surface area (Å²) in [7, 11) is 0. The average molecular weight is 249 g/mol.